The van der Waals surface area contributed by atoms with E-state index in [1.165, 1.54) is 0 Å². The van der Waals surface area contributed by atoms with Gasteiger partial charge in [0.1, 0.15) is 0 Å². The summed E-state index contributed by atoms with van der Waals surface area (Å²) in [5, 5.41) is 3.32. The first kappa shape index (κ1) is 9.97. The third-order valence-corrected chi connectivity index (χ3v) is 3.75. The molecule has 0 aromatic heterocycles. The van der Waals surface area contributed by atoms with Crippen molar-refractivity contribution in [1.29, 1.82) is 0 Å². The molecule has 1 saturated carbocycles. The average Bonchev–Trinajstić information content (AvgIpc) is 2.98. The van der Waals surface area contributed by atoms with Gasteiger partial charge in [-0.3, -0.25) is 4.79 Å². The second-order valence-electron chi connectivity index (χ2n) is 4.69. The Labute approximate surface area is 85.8 Å². The first-order valence-electron chi connectivity index (χ1n) is 5.71. The van der Waals surface area contributed by atoms with Crippen molar-refractivity contribution >= 4 is 5.91 Å². The van der Waals surface area contributed by atoms with Crippen LogP contribution in [0.4, 0.5) is 0 Å². The Morgan fingerprint density at radius 1 is 1.57 bits per heavy atom. The Kier molecular flexibility index (Phi) is 2.52. The summed E-state index contributed by atoms with van der Waals surface area (Å²) in [7, 11) is 0. The highest BCUT2D eigenvalue weighted by Gasteiger charge is 2.50. The lowest BCUT2D eigenvalue weighted by atomic mass is 10.0. The molecule has 3 heteroatoms. The van der Waals surface area contributed by atoms with Crippen molar-refractivity contribution in [2.45, 2.75) is 39.2 Å². The Balaban J connectivity index is 2.03. The maximum Gasteiger partial charge on any atom is 0.229 e. The number of hydrogen-bond acceptors (Lipinski definition) is 2. The first-order chi connectivity index (χ1) is 6.69. The number of hydrogen-bond donors (Lipinski definition) is 1. The lowest BCUT2D eigenvalue weighted by molar-refractivity contribution is -0.140. The van der Waals surface area contributed by atoms with Crippen LogP contribution in [0.2, 0.25) is 0 Å². The molecular formula is C11H20N2O. The Morgan fingerprint density at radius 2 is 2.29 bits per heavy atom. The fourth-order valence-electron chi connectivity index (χ4n) is 2.32. The maximum absolute atomic E-state index is 12.2. The van der Waals surface area contributed by atoms with E-state index in [2.05, 4.69) is 24.1 Å². The molecule has 2 fully saturated rings. The summed E-state index contributed by atoms with van der Waals surface area (Å²) < 4.78 is 0. The molecule has 0 aromatic rings. The molecular weight excluding hydrogens is 176 g/mol. The molecule has 3 nitrogen and oxygen atoms in total. The highest BCUT2D eigenvalue weighted by Crippen LogP contribution is 2.50. The van der Waals surface area contributed by atoms with Gasteiger partial charge in [0.25, 0.3) is 0 Å². The van der Waals surface area contributed by atoms with Crippen LogP contribution in [0.1, 0.15) is 33.1 Å². The zero-order chi connectivity index (χ0) is 10.2. The van der Waals surface area contributed by atoms with Gasteiger partial charge in [-0.1, -0.05) is 6.92 Å². The van der Waals surface area contributed by atoms with Gasteiger partial charge in [0, 0.05) is 31.1 Å². The molecule has 1 heterocycles. The first-order valence-corrected chi connectivity index (χ1v) is 5.71. The molecule has 2 aliphatic rings. The van der Waals surface area contributed by atoms with E-state index in [0.29, 0.717) is 11.9 Å². The van der Waals surface area contributed by atoms with Gasteiger partial charge >= 0.3 is 0 Å². The van der Waals surface area contributed by atoms with E-state index in [1.54, 1.807) is 0 Å². The number of rotatable bonds is 2. The number of carbonyl (C=O) groups excluding carboxylic acids is 1. The number of piperazine rings is 1. The molecule has 1 atom stereocenters. The fourth-order valence-corrected chi connectivity index (χ4v) is 2.32. The number of carbonyl (C=O) groups is 1. The molecule has 1 amide bonds. The average molecular weight is 196 g/mol. The van der Waals surface area contributed by atoms with Crippen LogP contribution in [-0.2, 0) is 4.79 Å². The fraction of sp³-hybridized carbons (Fsp3) is 0.909. The normalized spacial score (nSPS) is 30.1. The van der Waals surface area contributed by atoms with Crippen molar-refractivity contribution in [2.75, 3.05) is 19.6 Å². The van der Waals surface area contributed by atoms with E-state index in [0.717, 1.165) is 38.9 Å². The Bertz CT molecular complexity index is 235. The Hall–Kier alpha value is -0.570. The molecule has 0 bridgehead atoms. The molecule has 1 N–H and O–H groups in total. The van der Waals surface area contributed by atoms with Gasteiger partial charge in [0.05, 0.1) is 0 Å². The van der Waals surface area contributed by atoms with Gasteiger partial charge in [0.15, 0.2) is 0 Å². The van der Waals surface area contributed by atoms with E-state index in [4.69, 9.17) is 0 Å². The minimum Gasteiger partial charge on any atom is -0.337 e. The zero-order valence-corrected chi connectivity index (χ0v) is 9.18. The lowest BCUT2D eigenvalue weighted by Crippen LogP contribution is -2.54. The summed E-state index contributed by atoms with van der Waals surface area (Å²) >= 11 is 0. The Morgan fingerprint density at radius 3 is 2.79 bits per heavy atom. The molecule has 14 heavy (non-hydrogen) atoms. The van der Waals surface area contributed by atoms with E-state index in [-0.39, 0.29) is 5.41 Å². The molecule has 1 aliphatic heterocycles. The summed E-state index contributed by atoms with van der Waals surface area (Å²) in [5.74, 6) is 0.411. The van der Waals surface area contributed by atoms with Crippen LogP contribution in [-0.4, -0.2) is 36.5 Å². The van der Waals surface area contributed by atoms with Gasteiger partial charge < -0.3 is 10.2 Å². The number of nitrogens with one attached hydrogen (secondary N) is 1. The van der Waals surface area contributed by atoms with Crippen molar-refractivity contribution in [1.82, 2.24) is 10.2 Å². The number of amides is 1. The molecule has 2 rings (SSSR count). The SMILES string of the molecule is CCC1(C(=O)N2CCNC[C@@H]2C)CC1. The van der Waals surface area contributed by atoms with Crippen LogP contribution in [0.25, 0.3) is 0 Å². The van der Waals surface area contributed by atoms with Crippen molar-refractivity contribution in [3.8, 4) is 0 Å². The van der Waals surface area contributed by atoms with Gasteiger partial charge in [-0.15, -0.1) is 0 Å². The molecule has 0 unspecified atom stereocenters. The second kappa shape index (κ2) is 3.54. The van der Waals surface area contributed by atoms with E-state index < -0.39 is 0 Å². The van der Waals surface area contributed by atoms with Crippen molar-refractivity contribution in [2.24, 2.45) is 5.41 Å². The minimum absolute atomic E-state index is 0.0472. The molecule has 1 saturated heterocycles. The van der Waals surface area contributed by atoms with Crippen molar-refractivity contribution < 1.29 is 4.79 Å². The highest BCUT2D eigenvalue weighted by molar-refractivity contribution is 5.85. The molecule has 1 aliphatic carbocycles. The molecule has 0 aromatic carbocycles. The lowest BCUT2D eigenvalue weighted by Gasteiger charge is -2.36. The standard InChI is InChI=1S/C11H20N2O/c1-3-11(4-5-11)10(14)13-7-6-12-8-9(13)2/h9,12H,3-8H2,1-2H3/t9-/m0/s1. The van der Waals surface area contributed by atoms with Gasteiger partial charge in [-0.25, -0.2) is 0 Å². The highest BCUT2D eigenvalue weighted by atomic mass is 16.2. The van der Waals surface area contributed by atoms with Gasteiger partial charge in [-0.05, 0) is 26.2 Å². The van der Waals surface area contributed by atoms with Crippen LogP contribution < -0.4 is 5.32 Å². The van der Waals surface area contributed by atoms with Gasteiger partial charge in [-0.2, -0.15) is 0 Å². The van der Waals surface area contributed by atoms with E-state index >= 15 is 0 Å². The maximum atomic E-state index is 12.2. The third kappa shape index (κ3) is 1.54. The predicted octanol–water partition coefficient (Wildman–Crippen LogP) is 0.997. The summed E-state index contributed by atoms with van der Waals surface area (Å²) in [6, 6.07) is 0.375. The molecule has 80 valence electrons. The summed E-state index contributed by atoms with van der Waals surface area (Å²) in [6.07, 6.45) is 3.24. The van der Waals surface area contributed by atoms with Crippen molar-refractivity contribution in [3.05, 3.63) is 0 Å². The molecule has 0 spiro atoms. The smallest absolute Gasteiger partial charge is 0.229 e. The minimum atomic E-state index is 0.0472. The monoisotopic (exact) mass is 196 g/mol. The van der Waals surface area contributed by atoms with Crippen LogP contribution in [0.3, 0.4) is 0 Å². The van der Waals surface area contributed by atoms with Crippen LogP contribution in [0.15, 0.2) is 0 Å². The van der Waals surface area contributed by atoms with E-state index in [1.807, 2.05) is 0 Å². The predicted molar refractivity (Wildman–Crippen MR) is 56.0 cm³/mol. The quantitative estimate of drug-likeness (QED) is 0.714. The summed E-state index contributed by atoms with van der Waals surface area (Å²) in [6.45, 7) is 7.07. The summed E-state index contributed by atoms with van der Waals surface area (Å²) in [5.41, 5.74) is 0.0472. The largest absolute Gasteiger partial charge is 0.337 e. The second-order valence-corrected chi connectivity index (χ2v) is 4.69. The van der Waals surface area contributed by atoms with Crippen molar-refractivity contribution in [3.63, 3.8) is 0 Å². The van der Waals surface area contributed by atoms with Crippen LogP contribution in [0, 0.1) is 5.41 Å². The van der Waals surface area contributed by atoms with Crippen LogP contribution >= 0.6 is 0 Å². The zero-order valence-electron chi connectivity index (χ0n) is 9.18. The van der Waals surface area contributed by atoms with E-state index in [9.17, 15) is 4.79 Å². The third-order valence-electron chi connectivity index (χ3n) is 3.75. The topological polar surface area (TPSA) is 32.3 Å². The van der Waals surface area contributed by atoms with Gasteiger partial charge in [0.2, 0.25) is 5.91 Å². The summed E-state index contributed by atoms with van der Waals surface area (Å²) in [4.78, 5) is 14.3. The molecule has 0 radical (unpaired) electrons. The van der Waals surface area contributed by atoms with Crippen LogP contribution in [0.5, 0.6) is 0 Å². The number of nitrogens with zero attached hydrogens (tertiary/aromatic N) is 1.